The van der Waals surface area contributed by atoms with E-state index in [1.165, 1.54) is 12.0 Å². The van der Waals surface area contributed by atoms with Crippen LogP contribution in [-0.4, -0.2) is 36.9 Å². The van der Waals surface area contributed by atoms with Gasteiger partial charge in [0.2, 0.25) is 0 Å². The van der Waals surface area contributed by atoms with E-state index < -0.39 is 0 Å². The molecule has 0 aliphatic carbocycles. The normalized spacial score (nSPS) is 22.6. The van der Waals surface area contributed by atoms with Gasteiger partial charge in [0.15, 0.2) is 5.78 Å². The number of rotatable bonds is 5. The largest absolute Gasteiger partial charge is 0.493 e. The summed E-state index contributed by atoms with van der Waals surface area (Å²) in [5.41, 5.74) is 3.04. The SMILES string of the molecule is CCOc1cc(C)c(C)cc1C(=O)CN1CC(C)CC(C)C1. The van der Waals surface area contributed by atoms with E-state index in [0.717, 1.165) is 30.0 Å². The maximum atomic E-state index is 12.8. The second-order valence-corrected chi connectivity index (χ2v) is 6.93. The third-order valence-electron chi connectivity index (χ3n) is 4.51. The van der Waals surface area contributed by atoms with Crippen molar-refractivity contribution in [3.63, 3.8) is 0 Å². The minimum atomic E-state index is 0.174. The summed E-state index contributed by atoms with van der Waals surface area (Å²) in [5, 5.41) is 0. The van der Waals surface area contributed by atoms with E-state index in [0.29, 0.717) is 25.0 Å². The second kappa shape index (κ2) is 7.28. The lowest BCUT2D eigenvalue weighted by atomic mass is 9.91. The van der Waals surface area contributed by atoms with Crippen LogP contribution < -0.4 is 4.74 Å². The molecule has 2 unspecified atom stereocenters. The molecule has 0 saturated carbocycles. The first-order valence-corrected chi connectivity index (χ1v) is 8.40. The summed E-state index contributed by atoms with van der Waals surface area (Å²) in [5.74, 6) is 2.24. The monoisotopic (exact) mass is 303 g/mol. The molecule has 22 heavy (non-hydrogen) atoms. The molecular weight excluding hydrogens is 274 g/mol. The van der Waals surface area contributed by atoms with Gasteiger partial charge in [-0.25, -0.2) is 0 Å². The molecule has 0 radical (unpaired) electrons. The first kappa shape index (κ1) is 17.0. The number of hydrogen-bond acceptors (Lipinski definition) is 3. The van der Waals surface area contributed by atoms with Gasteiger partial charge in [0.05, 0.1) is 18.7 Å². The van der Waals surface area contributed by atoms with Crippen LogP contribution >= 0.6 is 0 Å². The Morgan fingerprint density at radius 2 is 1.77 bits per heavy atom. The fourth-order valence-electron chi connectivity index (χ4n) is 3.49. The molecule has 1 aliphatic rings. The highest BCUT2D eigenvalue weighted by Crippen LogP contribution is 2.26. The third-order valence-corrected chi connectivity index (χ3v) is 4.51. The number of carbonyl (C=O) groups is 1. The fourth-order valence-corrected chi connectivity index (χ4v) is 3.49. The smallest absolute Gasteiger partial charge is 0.180 e. The number of hydrogen-bond donors (Lipinski definition) is 0. The zero-order valence-corrected chi connectivity index (χ0v) is 14.6. The second-order valence-electron chi connectivity index (χ2n) is 6.93. The molecule has 1 aliphatic heterocycles. The molecule has 2 rings (SSSR count). The Labute approximate surface area is 134 Å². The molecule has 1 heterocycles. The lowest BCUT2D eigenvalue weighted by Crippen LogP contribution is -2.41. The highest BCUT2D eigenvalue weighted by molar-refractivity contribution is 6.00. The van der Waals surface area contributed by atoms with Crippen LogP contribution in [0.3, 0.4) is 0 Å². The third kappa shape index (κ3) is 4.10. The van der Waals surface area contributed by atoms with Crippen molar-refractivity contribution in [2.45, 2.75) is 41.0 Å². The molecule has 0 bridgehead atoms. The molecule has 1 saturated heterocycles. The molecule has 0 spiro atoms. The van der Waals surface area contributed by atoms with E-state index in [4.69, 9.17) is 4.74 Å². The summed E-state index contributed by atoms with van der Waals surface area (Å²) in [4.78, 5) is 15.1. The van der Waals surface area contributed by atoms with Crippen molar-refractivity contribution in [1.29, 1.82) is 0 Å². The van der Waals surface area contributed by atoms with E-state index in [2.05, 4.69) is 25.7 Å². The maximum absolute atomic E-state index is 12.8. The maximum Gasteiger partial charge on any atom is 0.180 e. The summed E-state index contributed by atoms with van der Waals surface area (Å²) < 4.78 is 5.69. The average molecular weight is 303 g/mol. The van der Waals surface area contributed by atoms with Gasteiger partial charge in [0.25, 0.3) is 0 Å². The zero-order chi connectivity index (χ0) is 16.3. The van der Waals surface area contributed by atoms with Gasteiger partial charge in [-0.05, 0) is 62.3 Å². The Morgan fingerprint density at radius 1 is 1.18 bits per heavy atom. The van der Waals surface area contributed by atoms with E-state index in [1.807, 2.05) is 26.0 Å². The quantitative estimate of drug-likeness (QED) is 0.774. The zero-order valence-electron chi connectivity index (χ0n) is 14.6. The molecule has 0 amide bonds. The number of carbonyl (C=O) groups excluding carboxylic acids is 1. The number of likely N-dealkylation sites (tertiary alicyclic amines) is 1. The van der Waals surface area contributed by atoms with Crippen LogP contribution in [-0.2, 0) is 0 Å². The molecule has 1 aromatic rings. The highest BCUT2D eigenvalue weighted by atomic mass is 16.5. The van der Waals surface area contributed by atoms with Crippen molar-refractivity contribution in [2.75, 3.05) is 26.2 Å². The lowest BCUT2D eigenvalue weighted by molar-refractivity contribution is 0.0846. The minimum absolute atomic E-state index is 0.174. The Morgan fingerprint density at radius 3 is 2.36 bits per heavy atom. The van der Waals surface area contributed by atoms with Crippen LogP contribution in [0, 0.1) is 25.7 Å². The number of piperidine rings is 1. The summed E-state index contributed by atoms with van der Waals surface area (Å²) in [6, 6.07) is 3.98. The predicted octanol–water partition coefficient (Wildman–Crippen LogP) is 3.86. The van der Waals surface area contributed by atoms with E-state index in [9.17, 15) is 4.79 Å². The van der Waals surface area contributed by atoms with E-state index >= 15 is 0 Å². The van der Waals surface area contributed by atoms with Crippen molar-refractivity contribution in [3.05, 3.63) is 28.8 Å². The molecule has 1 fully saturated rings. The van der Waals surface area contributed by atoms with Gasteiger partial charge in [0, 0.05) is 13.1 Å². The van der Waals surface area contributed by atoms with Crippen molar-refractivity contribution < 1.29 is 9.53 Å². The van der Waals surface area contributed by atoms with Gasteiger partial charge in [-0.15, -0.1) is 0 Å². The Hall–Kier alpha value is -1.35. The highest BCUT2D eigenvalue weighted by Gasteiger charge is 2.24. The molecule has 0 N–H and O–H groups in total. The first-order chi connectivity index (χ1) is 10.4. The molecule has 2 atom stereocenters. The van der Waals surface area contributed by atoms with Crippen LogP contribution in [0.1, 0.15) is 48.7 Å². The van der Waals surface area contributed by atoms with E-state index in [-0.39, 0.29) is 5.78 Å². The Kier molecular flexibility index (Phi) is 5.63. The van der Waals surface area contributed by atoms with Crippen molar-refractivity contribution >= 4 is 5.78 Å². The van der Waals surface area contributed by atoms with Gasteiger partial charge < -0.3 is 4.74 Å². The molecular formula is C19H29NO2. The van der Waals surface area contributed by atoms with Gasteiger partial charge in [-0.1, -0.05) is 13.8 Å². The van der Waals surface area contributed by atoms with Gasteiger partial charge in [0.1, 0.15) is 5.75 Å². The van der Waals surface area contributed by atoms with Gasteiger partial charge in [-0.3, -0.25) is 9.69 Å². The molecule has 1 aromatic carbocycles. The Balaban J connectivity index is 2.16. The molecule has 3 heteroatoms. The van der Waals surface area contributed by atoms with Crippen LogP contribution in [0.4, 0.5) is 0 Å². The number of Topliss-reactive ketones (excluding diaryl/α,β-unsaturated/α-hetero) is 1. The lowest BCUT2D eigenvalue weighted by Gasteiger charge is -2.34. The average Bonchev–Trinajstić information content (AvgIpc) is 2.41. The fraction of sp³-hybridized carbons (Fsp3) is 0.632. The van der Waals surface area contributed by atoms with Crippen molar-refractivity contribution in [1.82, 2.24) is 4.90 Å². The van der Waals surface area contributed by atoms with Crippen LogP contribution in [0.5, 0.6) is 5.75 Å². The van der Waals surface area contributed by atoms with Crippen LogP contribution in [0.25, 0.3) is 0 Å². The van der Waals surface area contributed by atoms with Crippen LogP contribution in [0.15, 0.2) is 12.1 Å². The van der Waals surface area contributed by atoms with Gasteiger partial charge in [-0.2, -0.15) is 0 Å². The summed E-state index contributed by atoms with van der Waals surface area (Å²) >= 11 is 0. The molecule has 122 valence electrons. The standard InChI is InChI=1S/C19H29NO2/c1-6-22-19-9-16(5)15(4)8-17(19)18(21)12-20-10-13(2)7-14(3)11-20/h8-9,13-14H,6-7,10-12H2,1-5H3. The van der Waals surface area contributed by atoms with E-state index in [1.54, 1.807) is 0 Å². The molecule has 3 nitrogen and oxygen atoms in total. The number of ketones is 1. The number of aryl methyl sites for hydroxylation is 2. The number of benzene rings is 1. The number of nitrogens with zero attached hydrogens (tertiary/aromatic N) is 1. The number of ether oxygens (including phenoxy) is 1. The predicted molar refractivity (Wildman–Crippen MR) is 90.8 cm³/mol. The van der Waals surface area contributed by atoms with Crippen LogP contribution in [0.2, 0.25) is 0 Å². The molecule has 0 aromatic heterocycles. The topological polar surface area (TPSA) is 29.5 Å². The summed E-state index contributed by atoms with van der Waals surface area (Å²) in [6.45, 7) is 13.7. The minimum Gasteiger partial charge on any atom is -0.493 e. The first-order valence-electron chi connectivity index (χ1n) is 8.40. The Bertz CT molecular complexity index is 528. The van der Waals surface area contributed by atoms with Crippen molar-refractivity contribution in [2.24, 2.45) is 11.8 Å². The summed E-state index contributed by atoms with van der Waals surface area (Å²) in [6.07, 6.45) is 1.26. The van der Waals surface area contributed by atoms with Crippen molar-refractivity contribution in [3.8, 4) is 5.75 Å². The van der Waals surface area contributed by atoms with Gasteiger partial charge >= 0.3 is 0 Å². The summed E-state index contributed by atoms with van der Waals surface area (Å²) in [7, 11) is 0.